The third-order valence-corrected chi connectivity index (χ3v) is 5.33. The van der Waals surface area contributed by atoms with Gasteiger partial charge in [-0.3, -0.25) is 4.79 Å². The summed E-state index contributed by atoms with van der Waals surface area (Å²) in [5, 5.41) is 9.61. The van der Waals surface area contributed by atoms with Crippen LogP contribution in [0.25, 0.3) is 16.6 Å². The normalized spacial score (nSPS) is 12.6. The van der Waals surface area contributed by atoms with E-state index in [0.29, 0.717) is 18.9 Å². The second-order valence-electron chi connectivity index (χ2n) is 6.91. The number of hydrogen-bond acceptors (Lipinski definition) is 4. The van der Waals surface area contributed by atoms with Crippen molar-refractivity contribution in [3.63, 3.8) is 0 Å². The number of hydrogen-bond donors (Lipinski definition) is 0. The van der Waals surface area contributed by atoms with Gasteiger partial charge in [0.25, 0.3) is 0 Å². The molecule has 6 nitrogen and oxygen atoms in total. The highest BCUT2D eigenvalue weighted by Crippen LogP contribution is 2.33. The lowest BCUT2D eigenvalue weighted by Crippen LogP contribution is -2.11. The van der Waals surface area contributed by atoms with E-state index in [9.17, 15) is 4.79 Å². The van der Waals surface area contributed by atoms with Crippen LogP contribution in [0.3, 0.4) is 0 Å². The molecule has 0 saturated carbocycles. The van der Waals surface area contributed by atoms with E-state index >= 15 is 0 Å². The number of carbonyl (C=O) groups excluding carboxylic acids is 1. The highest BCUT2D eigenvalue weighted by atomic mass is 32.3. The van der Waals surface area contributed by atoms with Gasteiger partial charge in [-0.25, -0.2) is 19.4 Å². The van der Waals surface area contributed by atoms with E-state index in [1.165, 1.54) is 0 Å². The van der Waals surface area contributed by atoms with Crippen molar-refractivity contribution in [1.82, 2.24) is 19.6 Å². The minimum Gasteiger partial charge on any atom is -0.358 e. The van der Waals surface area contributed by atoms with Crippen LogP contribution in [0.2, 0.25) is 0 Å². The molecule has 25 heavy (non-hydrogen) atoms. The molecule has 0 unspecified atom stereocenters. The molecule has 0 saturated heterocycles. The minimum atomic E-state index is -0.565. The van der Waals surface area contributed by atoms with E-state index in [1.54, 1.807) is 28.7 Å². The number of ether oxygens (including phenoxy) is 1. The van der Waals surface area contributed by atoms with E-state index in [4.69, 9.17) is 4.74 Å². The van der Waals surface area contributed by atoms with Gasteiger partial charge in [-0.05, 0) is 43.9 Å². The van der Waals surface area contributed by atoms with Gasteiger partial charge in [0.1, 0.15) is 6.73 Å². The highest BCUT2D eigenvalue weighted by Gasteiger charge is 2.14. The monoisotopic (exact) mass is 360 g/mol. The number of aromatic nitrogens is 4. The maximum atomic E-state index is 12.1. The second-order valence-corrected chi connectivity index (χ2v) is 11.5. The molecule has 2 heterocycles. The molecule has 0 amide bonds. The molecule has 0 spiro atoms. The number of carbonyl (C=O) groups is 1. The molecule has 134 valence electrons. The Balaban J connectivity index is 1.88. The van der Waals surface area contributed by atoms with Crippen LogP contribution in [-0.2, 0) is 11.5 Å². The quantitative estimate of drug-likeness (QED) is 0.480. The summed E-state index contributed by atoms with van der Waals surface area (Å²) in [6.45, 7) is 2.67. The van der Waals surface area contributed by atoms with Gasteiger partial charge in [0.2, 0.25) is 0 Å². The molecule has 0 fully saturated rings. The van der Waals surface area contributed by atoms with E-state index < -0.39 is 10.0 Å². The van der Waals surface area contributed by atoms with Crippen LogP contribution in [0.15, 0.2) is 36.8 Å². The summed E-state index contributed by atoms with van der Waals surface area (Å²) in [7, 11) is -0.565. The predicted molar refractivity (Wildman–Crippen MR) is 103 cm³/mol. The van der Waals surface area contributed by atoms with Crippen LogP contribution in [0.1, 0.15) is 17.3 Å². The van der Waals surface area contributed by atoms with Crippen molar-refractivity contribution in [3.8, 4) is 5.69 Å². The maximum Gasteiger partial charge on any atom is 0.162 e. The van der Waals surface area contributed by atoms with E-state index in [0.717, 1.165) is 22.3 Å². The number of fused-ring (bicyclic) bond motifs is 1. The van der Waals surface area contributed by atoms with E-state index in [-0.39, 0.29) is 5.78 Å². The fraction of sp³-hybridized carbons (Fsp3) is 0.389. The van der Waals surface area contributed by atoms with Gasteiger partial charge >= 0.3 is 0 Å². The zero-order valence-electron chi connectivity index (χ0n) is 15.1. The summed E-state index contributed by atoms with van der Waals surface area (Å²) < 4.78 is 9.29. The molecule has 3 rings (SSSR count). The highest BCUT2D eigenvalue weighted by molar-refractivity contribution is 8.32. The number of rotatable bonds is 7. The summed E-state index contributed by atoms with van der Waals surface area (Å²) in [6, 6.07) is 5.66. The molecule has 0 aliphatic rings. The Morgan fingerprint density at radius 1 is 1.24 bits per heavy atom. The van der Waals surface area contributed by atoms with Crippen LogP contribution in [0.4, 0.5) is 0 Å². The third kappa shape index (κ3) is 4.11. The molecule has 0 N–H and O–H groups in total. The number of benzene rings is 1. The van der Waals surface area contributed by atoms with E-state index in [1.807, 2.05) is 24.4 Å². The van der Waals surface area contributed by atoms with Crippen molar-refractivity contribution in [3.05, 3.63) is 42.4 Å². The molecule has 2 aromatic heterocycles. The maximum absolute atomic E-state index is 12.1. The molecule has 0 radical (unpaired) electrons. The first kappa shape index (κ1) is 17.7. The molecule has 0 atom stereocenters. The predicted octanol–water partition coefficient (Wildman–Crippen LogP) is 3.09. The first-order chi connectivity index (χ1) is 11.8. The van der Waals surface area contributed by atoms with Gasteiger partial charge in [-0.15, -0.1) is 0 Å². The summed E-state index contributed by atoms with van der Waals surface area (Å²) in [6.07, 6.45) is 12.1. The zero-order chi connectivity index (χ0) is 18.0. The molecular weight excluding hydrogens is 336 g/mol. The standard InChI is InChI=1S/C18H24N4O2S/c1-14(23)16-11-17-15(10-18(16)21-7-5-6-19-21)12-20-22(17)13-24-8-9-25(2,3)4/h5-7,10-12H,8-9,13H2,1-4H3. The number of Topliss-reactive ketones (excluding diaryl/α,β-unsaturated/α-hetero) is 1. The first-order valence-corrected chi connectivity index (χ1v) is 11.1. The Labute approximate surface area is 149 Å². The van der Waals surface area contributed by atoms with Gasteiger partial charge in [-0.1, -0.05) is 0 Å². The molecule has 1 aromatic carbocycles. The molecule has 0 aliphatic heterocycles. The lowest BCUT2D eigenvalue weighted by atomic mass is 10.1. The van der Waals surface area contributed by atoms with Gasteiger partial charge in [0, 0.05) is 29.1 Å². The average molecular weight is 360 g/mol. The first-order valence-electron chi connectivity index (χ1n) is 8.09. The van der Waals surface area contributed by atoms with Gasteiger partial charge < -0.3 is 4.74 Å². The Bertz CT molecular complexity index is 878. The summed E-state index contributed by atoms with van der Waals surface area (Å²) in [5.74, 6) is 1.06. The fourth-order valence-electron chi connectivity index (χ4n) is 2.56. The third-order valence-electron chi connectivity index (χ3n) is 3.94. The van der Waals surface area contributed by atoms with Crippen molar-refractivity contribution in [2.75, 3.05) is 31.1 Å². The number of nitrogens with zero attached hydrogens (tertiary/aromatic N) is 4. The lowest BCUT2D eigenvalue weighted by Gasteiger charge is -2.24. The van der Waals surface area contributed by atoms with Gasteiger partial charge in [0.05, 0.1) is 24.0 Å². The van der Waals surface area contributed by atoms with Crippen molar-refractivity contribution >= 4 is 26.7 Å². The zero-order valence-corrected chi connectivity index (χ0v) is 15.9. The average Bonchev–Trinajstić information content (AvgIpc) is 3.19. The van der Waals surface area contributed by atoms with Crippen LogP contribution in [0.5, 0.6) is 0 Å². The largest absolute Gasteiger partial charge is 0.358 e. The second kappa shape index (κ2) is 7.01. The van der Waals surface area contributed by atoms with Crippen LogP contribution < -0.4 is 0 Å². The van der Waals surface area contributed by atoms with Crippen molar-refractivity contribution in [1.29, 1.82) is 0 Å². The molecular formula is C18H24N4O2S. The van der Waals surface area contributed by atoms with Crippen molar-refractivity contribution < 1.29 is 9.53 Å². The Morgan fingerprint density at radius 2 is 2.04 bits per heavy atom. The molecule has 0 bridgehead atoms. The Morgan fingerprint density at radius 3 is 2.68 bits per heavy atom. The van der Waals surface area contributed by atoms with E-state index in [2.05, 4.69) is 29.0 Å². The van der Waals surface area contributed by atoms with Crippen molar-refractivity contribution in [2.45, 2.75) is 13.7 Å². The lowest BCUT2D eigenvalue weighted by molar-refractivity contribution is 0.0840. The van der Waals surface area contributed by atoms with Gasteiger partial charge in [0.15, 0.2) is 5.78 Å². The minimum absolute atomic E-state index is 0.00241. The summed E-state index contributed by atoms with van der Waals surface area (Å²) in [4.78, 5) is 12.1. The van der Waals surface area contributed by atoms with Crippen molar-refractivity contribution in [2.24, 2.45) is 0 Å². The fourth-order valence-corrected chi connectivity index (χ4v) is 3.18. The van der Waals surface area contributed by atoms with Crippen LogP contribution in [-0.4, -0.2) is 56.5 Å². The Kier molecular flexibility index (Phi) is 4.96. The number of ketones is 1. The molecule has 0 aliphatic carbocycles. The smallest absolute Gasteiger partial charge is 0.162 e. The Hall–Kier alpha value is -2.12. The SMILES string of the molecule is CC(=O)c1cc2c(cnn2COCCS(C)(C)C)cc1-n1cccn1. The topological polar surface area (TPSA) is 61.9 Å². The molecule has 3 aromatic rings. The summed E-state index contributed by atoms with van der Waals surface area (Å²) >= 11 is 0. The van der Waals surface area contributed by atoms with Crippen LogP contribution in [0, 0.1) is 0 Å². The van der Waals surface area contributed by atoms with Gasteiger partial charge in [-0.2, -0.15) is 10.2 Å². The summed E-state index contributed by atoms with van der Waals surface area (Å²) in [5.41, 5.74) is 2.28. The van der Waals surface area contributed by atoms with Crippen LogP contribution >= 0.6 is 10.0 Å². The molecule has 7 heteroatoms.